The Hall–Kier alpha value is -0.920. The lowest BCUT2D eigenvalue weighted by Gasteiger charge is -2.22. The van der Waals surface area contributed by atoms with Crippen molar-refractivity contribution in [3.05, 3.63) is 20.8 Å². The fourth-order valence-electron chi connectivity index (χ4n) is 2.06. The van der Waals surface area contributed by atoms with Crippen LogP contribution in [0.15, 0.2) is 15.9 Å². The van der Waals surface area contributed by atoms with Crippen molar-refractivity contribution in [3.8, 4) is 0 Å². The average Bonchev–Trinajstić information content (AvgIpc) is 3.12. The fraction of sp³-hybridized carbons (Fsp3) is 0.538. The van der Waals surface area contributed by atoms with Gasteiger partial charge in [0.25, 0.3) is 0 Å². The zero-order chi connectivity index (χ0) is 14.7. The number of hydrogen-bond donors (Lipinski definition) is 1. The predicted octanol–water partition coefficient (Wildman–Crippen LogP) is 2.21. The van der Waals surface area contributed by atoms with Gasteiger partial charge in [0.2, 0.25) is 5.91 Å². The van der Waals surface area contributed by atoms with Crippen molar-refractivity contribution in [1.82, 2.24) is 4.90 Å². The van der Waals surface area contributed by atoms with Crippen LogP contribution in [0.5, 0.6) is 0 Å². The summed E-state index contributed by atoms with van der Waals surface area (Å²) in [7, 11) is 1.58. The molecule has 1 fully saturated rings. The Morgan fingerprint density at radius 1 is 1.55 bits per heavy atom. The molecule has 0 aromatic carbocycles. The summed E-state index contributed by atoms with van der Waals surface area (Å²) in [6.45, 7) is 1.41. The van der Waals surface area contributed by atoms with E-state index < -0.39 is 11.9 Å². The second kappa shape index (κ2) is 6.69. The van der Waals surface area contributed by atoms with Crippen molar-refractivity contribution in [3.63, 3.8) is 0 Å². The van der Waals surface area contributed by atoms with E-state index in [9.17, 15) is 9.59 Å². The number of carbonyl (C=O) groups is 2. The van der Waals surface area contributed by atoms with E-state index in [4.69, 9.17) is 9.84 Å². The molecule has 1 saturated carbocycles. The van der Waals surface area contributed by atoms with Crippen LogP contribution in [0.3, 0.4) is 0 Å². The van der Waals surface area contributed by atoms with Gasteiger partial charge in [0.15, 0.2) is 0 Å². The third kappa shape index (κ3) is 3.59. The molecule has 0 aliphatic heterocycles. The van der Waals surface area contributed by atoms with Gasteiger partial charge in [0.1, 0.15) is 0 Å². The van der Waals surface area contributed by atoms with Crippen LogP contribution < -0.4 is 0 Å². The van der Waals surface area contributed by atoms with Crippen LogP contribution in [0.1, 0.15) is 11.3 Å². The SMILES string of the molecule is COCCN(Cc1sccc1Br)C(=O)C1CC1C(=O)O. The second-order valence-electron chi connectivity index (χ2n) is 4.73. The molecular weight excluding hydrogens is 346 g/mol. The summed E-state index contributed by atoms with van der Waals surface area (Å²) in [5, 5.41) is 10.9. The molecule has 2 unspecified atom stereocenters. The highest BCUT2D eigenvalue weighted by molar-refractivity contribution is 9.10. The number of halogens is 1. The van der Waals surface area contributed by atoms with Gasteiger partial charge in [-0.2, -0.15) is 0 Å². The van der Waals surface area contributed by atoms with Crippen molar-refractivity contribution in [1.29, 1.82) is 0 Å². The maximum absolute atomic E-state index is 12.4. The van der Waals surface area contributed by atoms with Gasteiger partial charge in [0, 0.05) is 23.0 Å². The Bertz CT molecular complexity index is 504. The van der Waals surface area contributed by atoms with Crippen LogP contribution in [0, 0.1) is 11.8 Å². The molecule has 7 heteroatoms. The number of carboxylic acids is 1. The minimum Gasteiger partial charge on any atom is -0.481 e. The van der Waals surface area contributed by atoms with Crippen LogP contribution in [0.2, 0.25) is 0 Å². The quantitative estimate of drug-likeness (QED) is 0.808. The number of nitrogens with zero attached hydrogens (tertiary/aromatic N) is 1. The molecule has 1 N–H and O–H groups in total. The summed E-state index contributed by atoms with van der Waals surface area (Å²) >= 11 is 5.02. The molecular formula is C13H16BrNO4S. The number of thiophene rings is 1. The average molecular weight is 362 g/mol. The molecule has 1 heterocycles. The third-order valence-corrected chi connectivity index (χ3v) is 5.24. The van der Waals surface area contributed by atoms with Crippen LogP contribution in [-0.2, 0) is 20.9 Å². The minimum absolute atomic E-state index is 0.0882. The summed E-state index contributed by atoms with van der Waals surface area (Å²) in [4.78, 5) is 26.0. The van der Waals surface area contributed by atoms with Crippen LogP contribution >= 0.6 is 27.3 Å². The molecule has 0 radical (unpaired) electrons. The smallest absolute Gasteiger partial charge is 0.307 e. The largest absolute Gasteiger partial charge is 0.481 e. The van der Waals surface area contributed by atoms with Gasteiger partial charge in [0.05, 0.1) is 25.0 Å². The molecule has 1 aliphatic carbocycles. The summed E-state index contributed by atoms with van der Waals surface area (Å²) in [5.74, 6) is -1.86. The number of hydrogen-bond acceptors (Lipinski definition) is 4. The molecule has 1 aromatic rings. The van der Waals surface area contributed by atoms with Gasteiger partial charge < -0.3 is 14.7 Å². The molecule has 1 amide bonds. The lowest BCUT2D eigenvalue weighted by atomic mass is 10.2. The zero-order valence-electron chi connectivity index (χ0n) is 11.0. The van der Waals surface area contributed by atoms with Gasteiger partial charge >= 0.3 is 5.97 Å². The minimum atomic E-state index is -0.882. The third-order valence-electron chi connectivity index (χ3n) is 3.33. The lowest BCUT2D eigenvalue weighted by Crippen LogP contribution is -2.35. The van der Waals surface area contributed by atoms with Crippen molar-refractivity contribution in [2.75, 3.05) is 20.3 Å². The van der Waals surface area contributed by atoms with E-state index >= 15 is 0 Å². The topological polar surface area (TPSA) is 66.8 Å². The number of aliphatic carboxylic acids is 1. The normalized spacial score (nSPS) is 20.7. The molecule has 1 aliphatic rings. The number of rotatable bonds is 7. The Morgan fingerprint density at radius 3 is 2.80 bits per heavy atom. The van der Waals surface area contributed by atoms with Crippen molar-refractivity contribution in [2.24, 2.45) is 11.8 Å². The van der Waals surface area contributed by atoms with Crippen LogP contribution in [0.25, 0.3) is 0 Å². The molecule has 2 atom stereocenters. The van der Waals surface area contributed by atoms with E-state index in [1.165, 1.54) is 0 Å². The standard InChI is InChI=1S/C13H16BrNO4S/c1-19-4-3-15(7-11-10(14)2-5-20-11)12(16)8-6-9(8)13(17)18/h2,5,8-9H,3-4,6-7H2,1H3,(H,17,18). The van der Waals surface area contributed by atoms with E-state index in [2.05, 4.69) is 15.9 Å². The van der Waals surface area contributed by atoms with E-state index in [1.54, 1.807) is 23.3 Å². The Labute approximate surface area is 129 Å². The Kier molecular flexibility index (Phi) is 5.17. The number of carbonyl (C=O) groups excluding carboxylic acids is 1. The van der Waals surface area contributed by atoms with Crippen molar-refractivity contribution < 1.29 is 19.4 Å². The van der Waals surface area contributed by atoms with E-state index in [-0.39, 0.29) is 11.8 Å². The lowest BCUT2D eigenvalue weighted by molar-refractivity contribution is -0.142. The highest BCUT2D eigenvalue weighted by Crippen LogP contribution is 2.40. The maximum Gasteiger partial charge on any atom is 0.307 e. The first-order valence-electron chi connectivity index (χ1n) is 6.27. The summed E-state index contributed by atoms with van der Waals surface area (Å²) in [6.07, 6.45) is 0.448. The summed E-state index contributed by atoms with van der Waals surface area (Å²) in [5.41, 5.74) is 0. The molecule has 5 nitrogen and oxygen atoms in total. The Balaban J connectivity index is 2.02. The van der Waals surface area contributed by atoms with Crippen molar-refractivity contribution >= 4 is 39.1 Å². The van der Waals surface area contributed by atoms with Crippen LogP contribution in [-0.4, -0.2) is 42.1 Å². The maximum atomic E-state index is 12.4. The van der Waals surface area contributed by atoms with Gasteiger partial charge in [-0.05, 0) is 33.8 Å². The first-order chi connectivity index (χ1) is 9.54. The highest BCUT2D eigenvalue weighted by Gasteiger charge is 2.49. The molecule has 2 rings (SSSR count). The molecule has 110 valence electrons. The van der Waals surface area contributed by atoms with Gasteiger partial charge in [-0.1, -0.05) is 0 Å². The van der Waals surface area contributed by atoms with Gasteiger partial charge in [-0.15, -0.1) is 11.3 Å². The monoisotopic (exact) mass is 361 g/mol. The summed E-state index contributed by atoms with van der Waals surface area (Å²) < 4.78 is 6.00. The molecule has 0 saturated heterocycles. The number of amides is 1. The number of methoxy groups -OCH3 is 1. The molecule has 0 spiro atoms. The molecule has 20 heavy (non-hydrogen) atoms. The van der Waals surface area contributed by atoms with Crippen molar-refractivity contribution in [2.45, 2.75) is 13.0 Å². The second-order valence-corrected chi connectivity index (χ2v) is 6.59. The molecule has 1 aromatic heterocycles. The van der Waals surface area contributed by atoms with Gasteiger partial charge in [-0.25, -0.2) is 0 Å². The zero-order valence-corrected chi connectivity index (χ0v) is 13.4. The Morgan fingerprint density at radius 2 is 2.30 bits per heavy atom. The first-order valence-corrected chi connectivity index (χ1v) is 7.94. The molecule has 0 bridgehead atoms. The van der Waals surface area contributed by atoms with Gasteiger partial charge in [-0.3, -0.25) is 9.59 Å². The first kappa shape index (κ1) is 15.5. The predicted molar refractivity (Wildman–Crippen MR) is 78.5 cm³/mol. The summed E-state index contributed by atoms with van der Waals surface area (Å²) in [6, 6.07) is 1.94. The van der Waals surface area contributed by atoms with E-state index in [1.807, 2.05) is 11.4 Å². The van der Waals surface area contributed by atoms with E-state index in [0.717, 1.165) is 9.35 Å². The number of ether oxygens (including phenoxy) is 1. The highest BCUT2D eigenvalue weighted by atomic mass is 79.9. The van der Waals surface area contributed by atoms with Crippen LogP contribution in [0.4, 0.5) is 0 Å². The fourth-order valence-corrected chi connectivity index (χ4v) is 3.55. The van der Waals surface area contributed by atoms with E-state index in [0.29, 0.717) is 26.1 Å². The number of carboxylic acid groups (broad SMARTS) is 1.